The molecule has 3 nitrogen and oxygen atoms in total. The van der Waals surface area contributed by atoms with Crippen molar-refractivity contribution < 1.29 is 9.90 Å². The number of carboxylic acid groups (broad SMARTS) is 1. The maximum absolute atomic E-state index is 11.5. The molecule has 0 aromatic heterocycles. The van der Waals surface area contributed by atoms with Gasteiger partial charge in [0.05, 0.1) is 6.54 Å². The first-order valence-corrected chi connectivity index (χ1v) is 7.01. The molecule has 0 amide bonds. The maximum Gasteiger partial charge on any atom is 0.321 e. The lowest BCUT2D eigenvalue weighted by atomic mass is 9.76. The van der Waals surface area contributed by atoms with E-state index in [1.54, 1.807) is 0 Å². The number of benzene rings is 1. The van der Waals surface area contributed by atoms with Gasteiger partial charge in [0.1, 0.15) is 6.04 Å². The van der Waals surface area contributed by atoms with Gasteiger partial charge in [0.15, 0.2) is 0 Å². The summed E-state index contributed by atoms with van der Waals surface area (Å²) in [6.45, 7) is 5.38. The van der Waals surface area contributed by atoms with E-state index in [4.69, 9.17) is 0 Å². The van der Waals surface area contributed by atoms with Crippen molar-refractivity contribution in [3.63, 3.8) is 0 Å². The minimum Gasteiger partial charge on any atom is -0.480 e. The molecule has 1 fully saturated rings. The van der Waals surface area contributed by atoms with E-state index < -0.39 is 12.0 Å². The van der Waals surface area contributed by atoms with Crippen molar-refractivity contribution in [2.24, 2.45) is 5.41 Å². The summed E-state index contributed by atoms with van der Waals surface area (Å²) in [7, 11) is 0. The fraction of sp³-hybridized carbons (Fsp3) is 0.471. The predicted octanol–water partition coefficient (Wildman–Crippen LogP) is 2.61. The zero-order chi connectivity index (χ0) is 14.6. The van der Waals surface area contributed by atoms with Crippen molar-refractivity contribution in [2.75, 3.05) is 13.1 Å². The molecule has 1 unspecified atom stereocenters. The van der Waals surface area contributed by atoms with E-state index in [1.807, 2.05) is 49.1 Å². The summed E-state index contributed by atoms with van der Waals surface area (Å²) < 4.78 is 0. The Bertz CT molecular complexity index is 525. The predicted molar refractivity (Wildman–Crippen MR) is 79.3 cm³/mol. The number of nitrogens with zero attached hydrogens (tertiary/aromatic N) is 1. The van der Waals surface area contributed by atoms with Crippen molar-refractivity contribution in [2.45, 2.75) is 32.7 Å². The fourth-order valence-electron chi connectivity index (χ4n) is 2.92. The van der Waals surface area contributed by atoms with E-state index in [2.05, 4.69) is 11.8 Å². The van der Waals surface area contributed by atoms with E-state index in [9.17, 15) is 9.90 Å². The van der Waals surface area contributed by atoms with Gasteiger partial charge in [-0.25, -0.2) is 0 Å². The number of hydrogen-bond acceptors (Lipinski definition) is 2. The number of rotatable bonds is 2. The Balaban J connectivity index is 2.08. The Morgan fingerprint density at radius 3 is 2.75 bits per heavy atom. The van der Waals surface area contributed by atoms with Crippen molar-refractivity contribution in [1.82, 2.24) is 4.90 Å². The highest BCUT2D eigenvalue weighted by atomic mass is 16.4. The van der Waals surface area contributed by atoms with Crippen LogP contribution in [-0.2, 0) is 4.79 Å². The number of carboxylic acids is 1. The zero-order valence-electron chi connectivity index (χ0n) is 12.1. The molecule has 1 N–H and O–H groups in total. The van der Waals surface area contributed by atoms with Gasteiger partial charge in [-0.2, -0.15) is 0 Å². The van der Waals surface area contributed by atoms with E-state index in [-0.39, 0.29) is 5.41 Å². The highest BCUT2D eigenvalue weighted by Gasteiger charge is 2.41. The van der Waals surface area contributed by atoms with Gasteiger partial charge >= 0.3 is 5.97 Å². The fourth-order valence-corrected chi connectivity index (χ4v) is 2.92. The largest absolute Gasteiger partial charge is 0.480 e. The molecule has 0 spiro atoms. The molecule has 1 aliphatic rings. The molecule has 20 heavy (non-hydrogen) atoms. The van der Waals surface area contributed by atoms with Gasteiger partial charge in [-0.1, -0.05) is 43.9 Å². The van der Waals surface area contributed by atoms with Crippen LogP contribution in [0.5, 0.6) is 0 Å². The SMILES string of the molecule is CC1(C)CCCN(CC#Cc2ccccc2)C1C(=O)O. The third-order valence-corrected chi connectivity index (χ3v) is 3.89. The molecule has 1 saturated heterocycles. The quantitative estimate of drug-likeness (QED) is 0.841. The van der Waals surface area contributed by atoms with Crippen LogP contribution in [0.3, 0.4) is 0 Å². The molecule has 2 rings (SSSR count). The summed E-state index contributed by atoms with van der Waals surface area (Å²) in [4.78, 5) is 13.5. The first-order valence-electron chi connectivity index (χ1n) is 7.01. The summed E-state index contributed by atoms with van der Waals surface area (Å²) in [5.41, 5.74) is 0.772. The van der Waals surface area contributed by atoms with Crippen LogP contribution in [0.25, 0.3) is 0 Å². The van der Waals surface area contributed by atoms with Crippen molar-refractivity contribution >= 4 is 5.97 Å². The molecule has 106 valence electrons. The van der Waals surface area contributed by atoms with Crippen LogP contribution in [0, 0.1) is 17.3 Å². The van der Waals surface area contributed by atoms with Gasteiger partial charge in [0.2, 0.25) is 0 Å². The maximum atomic E-state index is 11.5. The van der Waals surface area contributed by atoms with E-state index in [0.717, 1.165) is 24.9 Å². The van der Waals surface area contributed by atoms with Gasteiger partial charge in [-0.3, -0.25) is 9.69 Å². The van der Waals surface area contributed by atoms with Crippen LogP contribution in [0.4, 0.5) is 0 Å². The lowest BCUT2D eigenvalue weighted by Gasteiger charge is -2.43. The average Bonchev–Trinajstić information content (AvgIpc) is 2.38. The second kappa shape index (κ2) is 6.11. The first-order chi connectivity index (χ1) is 9.50. The molecular formula is C17H21NO2. The Kier molecular flexibility index (Phi) is 4.46. The monoisotopic (exact) mass is 271 g/mol. The smallest absolute Gasteiger partial charge is 0.321 e. The Morgan fingerprint density at radius 2 is 2.10 bits per heavy atom. The van der Waals surface area contributed by atoms with Crippen LogP contribution < -0.4 is 0 Å². The Morgan fingerprint density at radius 1 is 1.40 bits per heavy atom. The normalized spacial score (nSPS) is 21.8. The number of aliphatic carboxylic acids is 1. The van der Waals surface area contributed by atoms with Gasteiger partial charge in [0, 0.05) is 5.56 Å². The van der Waals surface area contributed by atoms with E-state index in [0.29, 0.717) is 6.54 Å². The molecule has 1 aliphatic heterocycles. The third-order valence-electron chi connectivity index (χ3n) is 3.89. The third kappa shape index (κ3) is 3.40. The molecule has 1 aromatic rings. The minimum absolute atomic E-state index is 0.196. The molecule has 3 heteroatoms. The van der Waals surface area contributed by atoms with E-state index in [1.165, 1.54) is 0 Å². The zero-order valence-corrected chi connectivity index (χ0v) is 12.1. The number of hydrogen-bond donors (Lipinski definition) is 1. The number of piperidine rings is 1. The molecular weight excluding hydrogens is 250 g/mol. The summed E-state index contributed by atoms with van der Waals surface area (Å²) in [6.07, 6.45) is 1.98. The summed E-state index contributed by atoms with van der Waals surface area (Å²) in [6, 6.07) is 9.34. The van der Waals surface area contributed by atoms with Gasteiger partial charge in [0.25, 0.3) is 0 Å². The summed E-state index contributed by atoms with van der Waals surface area (Å²) in [5.74, 6) is 5.46. The second-order valence-corrected chi connectivity index (χ2v) is 5.97. The van der Waals surface area contributed by atoms with Crippen LogP contribution in [0.1, 0.15) is 32.3 Å². The van der Waals surface area contributed by atoms with Gasteiger partial charge < -0.3 is 5.11 Å². The average molecular weight is 271 g/mol. The van der Waals surface area contributed by atoms with Crippen molar-refractivity contribution in [1.29, 1.82) is 0 Å². The van der Waals surface area contributed by atoms with Crippen LogP contribution in [0.15, 0.2) is 30.3 Å². The van der Waals surface area contributed by atoms with Gasteiger partial charge in [-0.15, -0.1) is 0 Å². The molecule has 1 heterocycles. The van der Waals surface area contributed by atoms with Crippen molar-refractivity contribution in [3.8, 4) is 11.8 Å². The van der Waals surface area contributed by atoms with Gasteiger partial charge in [-0.05, 0) is 36.9 Å². The minimum atomic E-state index is -0.740. The van der Waals surface area contributed by atoms with Crippen LogP contribution >= 0.6 is 0 Å². The standard InChI is InChI=1S/C17H21NO2/c1-17(2)11-7-13-18(15(17)16(19)20)12-6-10-14-8-4-3-5-9-14/h3-5,8-9,15H,7,11-13H2,1-2H3,(H,19,20). The molecule has 0 saturated carbocycles. The van der Waals surface area contributed by atoms with Crippen molar-refractivity contribution in [3.05, 3.63) is 35.9 Å². The summed E-state index contributed by atoms with van der Waals surface area (Å²) in [5, 5.41) is 9.47. The summed E-state index contributed by atoms with van der Waals surface area (Å²) >= 11 is 0. The highest BCUT2D eigenvalue weighted by Crippen LogP contribution is 2.34. The van der Waals surface area contributed by atoms with Crippen LogP contribution in [-0.4, -0.2) is 35.1 Å². The Hall–Kier alpha value is -1.79. The molecule has 0 bridgehead atoms. The number of carbonyl (C=O) groups is 1. The second-order valence-electron chi connectivity index (χ2n) is 5.97. The number of likely N-dealkylation sites (tertiary alicyclic amines) is 1. The molecule has 0 radical (unpaired) electrons. The molecule has 1 aromatic carbocycles. The van der Waals surface area contributed by atoms with E-state index >= 15 is 0 Å². The topological polar surface area (TPSA) is 40.5 Å². The van der Waals surface area contributed by atoms with Crippen LogP contribution in [0.2, 0.25) is 0 Å². The lowest BCUT2D eigenvalue weighted by Crippen LogP contribution is -2.54. The first kappa shape index (κ1) is 14.6. The molecule has 1 atom stereocenters. The Labute approximate surface area is 120 Å². The highest BCUT2D eigenvalue weighted by molar-refractivity contribution is 5.74. The molecule has 0 aliphatic carbocycles. The lowest BCUT2D eigenvalue weighted by molar-refractivity contribution is -0.150.